The first-order valence-electron chi connectivity index (χ1n) is 9.58. The van der Waals surface area contributed by atoms with E-state index in [1.54, 1.807) is 35.7 Å². The summed E-state index contributed by atoms with van der Waals surface area (Å²) >= 11 is 14.6. The van der Waals surface area contributed by atoms with Crippen molar-refractivity contribution >= 4 is 78.3 Å². The first-order valence-corrected chi connectivity index (χ1v) is 12.7. The highest BCUT2D eigenvalue weighted by Crippen LogP contribution is 2.43. The molecule has 2 fully saturated rings. The molecular weight excluding hydrogens is 572 g/mol. The molecule has 0 spiro atoms. The fraction of sp³-hybridized carbons (Fsp3) is 0.333. The number of alkyl halides is 2. The monoisotopic (exact) mass is 586 g/mol. The molecule has 31 heavy (non-hydrogen) atoms. The molecule has 1 aliphatic carbocycles. The Bertz CT molecular complexity index is 1020. The highest BCUT2D eigenvalue weighted by molar-refractivity contribution is 9.12. The van der Waals surface area contributed by atoms with Gasteiger partial charge in [-0.15, -0.1) is 11.3 Å². The van der Waals surface area contributed by atoms with Crippen LogP contribution in [0.2, 0.25) is 5.02 Å². The number of hydrogen-bond donors (Lipinski definition) is 0. The third-order valence-corrected chi connectivity index (χ3v) is 9.53. The maximum Gasteiger partial charge on any atom is 0.274 e. The van der Waals surface area contributed by atoms with Gasteiger partial charge in [-0.05, 0) is 36.4 Å². The summed E-state index contributed by atoms with van der Waals surface area (Å²) in [6.07, 6.45) is 0.934. The second-order valence-electron chi connectivity index (χ2n) is 7.45. The number of nitrogens with zero attached hydrogens (tertiary/aromatic N) is 2. The van der Waals surface area contributed by atoms with Crippen LogP contribution in [0.5, 0.6) is 0 Å². The molecule has 0 unspecified atom stereocenters. The fourth-order valence-corrected chi connectivity index (χ4v) is 6.08. The van der Waals surface area contributed by atoms with Gasteiger partial charge in [0.25, 0.3) is 17.7 Å². The Morgan fingerprint density at radius 3 is 2.19 bits per heavy atom. The molecule has 4 atom stereocenters. The molecule has 10 heteroatoms. The van der Waals surface area contributed by atoms with E-state index in [4.69, 9.17) is 11.6 Å². The van der Waals surface area contributed by atoms with Gasteiger partial charge in [-0.2, -0.15) is 5.01 Å². The molecule has 0 bridgehead atoms. The van der Waals surface area contributed by atoms with Crippen LogP contribution in [0, 0.1) is 11.8 Å². The Kier molecular flexibility index (Phi) is 6.67. The Morgan fingerprint density at radius 2 is 1.65 bits per heavy atom. The summed E-state index contributed by atoms with van der Waals surface area (Å²) in [4.78, 5) is 53.3. The van der Waals surface area contributed by atoms with Crippen LogP contribution >= 0.6 is 54.8 Å². The van der Waals surface area contributed by atoms with Crippen molar-refractivity contribution in [2.75, 3.05) is 6.54 Å². The van der Waals surface area contributed by atoms with Gasteiger partial charge in [0.15, 0.2) is 5.78 Å². The molecule has 1 aromatic heterocycles. The second-order valence-corrected chi connectivity index (χ2v) is 11.2. The van der Waals surface area contributed by atoms with Crippen LogP contribution in [-0.2, 0) is 9.59 Å². The highest BCUT2D eigenvalue weighted by Gasteiger charge is 2.54. The average Bonchev–Trinajstić information content (AvgIpc) is 3.36. The molecule has 0 radical (unpaired) electrons. The van der Waals surface area contributed by atoms with Crippen LogP contribution in [0.1, 0.15) is 32.9 Å². The SMILES string of the molecule is O=C(CN(C(=O)c1ccccc1Cl)N1C(=O)[C@@H]2C[C@H](Br)[C@@H](Br)C[C@H]2C1=O)c1cccs1. The Hall–Kier alpha value is -1.55. The quantitative estimate of drug-likeness (QED) is 0.292. The molecule has 2 aliphatic rings. The zero-order chi connectivity index (χ0) is 22.3. The second kappa shape index (κ2) is 9.13. The number of Topliss-reactive ketones (excluding diaryl/α,β-unsaturated/α-hetero) is 1. The van der Waals surface area contributed by atoms with Crippen LogP contribution in [0.4, 0.5) is 0 Å². The third kappa shape index (κ3) is 4.25. The molecule has 1 saturated heterocycles. The van der Waals surface area contributed by atoms with Gasteiger partial charge in [-0.1, -0.05) is 61.7 Å². The van der Waals surface area contributed by atoms with E-state index in [0.29, 0.717) is 17.7 Å². The minimum atomic E-state index is -0.665. The first-order chi connectivity index (χ1) is 14.8. The molecule has 2 heterocycles. The molecular formula is C21H17Br2ClN2O4S. The molecule has 1 aliphatic heterocycles. The highest BCUT2D eigenvalue weighted by atomic mass is 79.9. The summed E-state index contributed by atoms with van der Waals surface area (Å²) in [5.41, 5.74) is 0.121. The zero-order valence-corrected chi connectivity index (χ0v) is 20.8. The maximum absolute atomic E-state index is 13.4. The lowest BCUT2D eigenvalue weighted by Gasteiger charge is -2.30. The van der Waals surface area contributed by atoms with Gasteiger partial charge in [0.1, 0.15) is 6.54 Å². The van der Waals surface area contributed by atoms with Crippen molar-refractivity contribution in [2.24, 2.45) is 11.8 Å². The summed E-state index contributed by atoms with van der Waals surface area (Å²) in [5, 5.41) is 3.76. The minimum absolute atomic E-state index is 0.0333. The van der Waals surface area contributed by atoms with E-state index in [0.717, 1.165) is 10.0 Å². The van der Waals surface area contributed by atoms with Crippen molar-refractivity contribution in [1.29, 1.82) is 0 Å². The maximum atomic E-state index is 13.4. The number of carbonyl (C=O) groups is 4. The van der Waals surface area contributed by atoms with Crippen molar-refractivity contribution in [3.05, 3.63) is 57.2 Å². The van der Waals surface area contributed by atoms with Crippen molar-refractivity contribution in [1.82, 2.24) is 10.0 Å². The lowest BCUT2D eigenvalue weighted by molar-refractivity contribution is -0.154. The fourth-order valence-electron chi connectivity index (χ4n) is 3.97. The topological polar surface area (TPSA) is 74.8 Å². The number of imide groups is 1. The standard InChI is InChI=1S/C21H17Br2ClN2O4S/c22-14-8-12-13(9-15(14)23)21(30)26(20(12)29)25(10-17(27)18-6-3-7-31-18)19(28)11-4-1-2-5-16(11)24/h1-7,12-15H,8-10H2/t12-,13-,14+,15+/m1/s1. The van der Waals surface area contributed by atoms with Crippen LogP contribution < -0.4 is 0 Å². The molecule has 6 nitrogen and oxygen atoms in total. The molecule has 4 rings (SSSR count). The average molecular weight is 589 g/mol. The van der Waals surface area contributed by atoms with E-state index >= 15 is 0 Å². The number of ketones is 1. The summed E-state index contributed by atoms with van der Waals surface area (Å²) in [5.74, 6) is -3.02. The summed E-state index contributed by atoms with van der Waals surface area (Å²) in [6, 6.07) is 9.74. The predicted molar refractivity (Wildman–Crippen MR) is 125 cm³/mol. The molecule has 2 aromatic rings. The number of thiophene rings is 1. The number of halogens is 3. The van der Waals surface area contributed by atoms with Gasteiger partial charge in [0.05, 0.1) is 27.3 Å². The Labute approximate surface area is 204 Å². The van der Waals surface area contributed by atoms with Gasteiger partial charge in [0.2, 0.25) is 0 Å². The number of rotatable bonds is 5. The largest absolute Gasteiger partial charge is 0.291 e. The van der Waals surface area contributed by atoms with E-state index in [-0.39, 0.29) is 26.0 Å². The van der Waals surface area contributed by atoms with Gasteiger partial charge < -0.3 is 0 Å². The predicted octanol–water partition coefficient (Wildman–Crippen LogP) is 4.56. The number of carbonyl (C=O) groups excluding carboxylic acids is 4. The van der Waals surface area contributed by atoms with E-state index in [9.17, 15) is 19.2 Å². The number of amides is 3. The smallest absolute Gasteiger partial charge is 0.274 e. The van der Waals surface area contributed by atoms with E-state index in [1.807, 2.05) is 0 Å². The summed E-state index contributed by atoms with van der Waals surface area (Å²) in [6.45, 7) is -0.434. The van der Waals surface area contributed by atoms with Gasteiger partial charge in [-0.3, -0.25) is 19.2 Å². The van der Waals surface area contributed by atoms with Crippen LogP contribution in [0.15, 0.2) is 41.8 Å². The molecule has 162 valence electrons. The molecule has 3 amide bonds. The molecule has 1 saturated carbocycles. The van der Waals surface area contributed by atoms with Crippen LogP contribution in [0.25, 0.3) is 0 Å². The normalized spacial score (nSPS) is 25.5. The zero-order valence-electron chi connectivity index (χ0n) is 16.0. The number of benzene rings is 1. The Morgan fingerprint density at radius 1 is 1.03 bits per heavy atom. The van der Waals surface area contributed by atoms with Crippen molar-refractivity contribution < 1.29 is 19.2 Å². The molecule has 1 aromatic carbocycles. The summed E-state index contributed by atoms with van der Waals surface area (Å²) < 4.78 is 0. The Balaban J connectivity index is 1.71. The third-order valence-electron chi connectivity index (χ3n) is 5.56. The van der Waals surface area contributed by atoms with Gasteiger partial charge >= 0.3 is 0 Å². The minimum Gasteiger partial charge on any atom is -0.291 e. The van der Waals surface area contributed by atoms with Crippen molar-refractivity contribution in [3.63, 3.8) is 0 Å². The van der Waals surface area contributed by atoms with E-state index in [1.165, 1.54) is 17.4 Å². The van der Waals surface area contributed by atoms with Crippen LogP contribution in [0.3, 0.4) is 0 Å². The first kappa shape index (κ1) is 22.6. The number of hydrazine groups is 1. The lowest BCUT2D eigenvalue weighted by atomic mass is 9.81. The molecule has 0 N–H and O–H groups in total. The van der Waals surface area contributed by atoms with Gasteiger partial charge in [0, 0.05) is 9.65 Å². The number of fused-ring (bicyclic) bond motifs is 1. The summed E-state index contributed by atoms with van der Waals surface area (Å²) in [7, 11) is 0. The van der Waals surface area contributed by atoms with E-state index in [2.05, 4.69) is 31.9 Å². The van der Waals surface area contributed by atoms with Crippen LogP contribution in [-0.4, -0.2) is 49.7 Å². The number of hydrogen-bond acceptors (Lipinski definition) is 5. The van der Waals surface area contributed by atoms with Crippen molar-refractivity contribution in [3.8, 4) is 0 Å². The van der Waals surface area contributed by atoms with Crippen molar-refractivity contribution in [2.45, 2.75) is 22.5 Å². The lowest BCUT2D eigenvalue weighted by Crippen LogP contribution is -2.52. The van der Waals surface area contributed by atoms with Gasteiger partial charge in [-0.25, -0.2) is 5.01 Å². The van der Waals surface area contributed by atoms with E-state index < -0.39 is 36.1 Å².